The molecule has 1 nitrogen and oxygen atoms in total. The van der Waals surface area contributed by atoms with Gasteiger partial charge in [0.2, 0.25) is 0 Å². The standard InChI is InChI=1S/C10H4ClF10NS/c11-4-1-3(2-5(6(4)22)23-10(19,20)21)7(12,8(13,14)15)9(16,17)18/h1-2H,22H2. The van der Waals surface area contributed by atoms with Crippen molar-refractivity contribution in [2.75, 3.05) is 5.73 Å². The number of nitrogens with two attached hydrogens (primary N) is 1. The van der Waals surface area contributed by atoms with E-state index in [0.717, 1.165) is 0 Å². The van der Waals surface area contributed by atoms with Crippen LogP contribution < -0.4 is 5.73 Å². The van der Waals surface area contributed by atoms with E-state index in [9.17, 15) is 43.9 Å². The number of anilines is 1. The highest BCUT2D eigenvalue weighted by Crippen LogP contribution is 2.55. The molecule has 23 heavy (non-hydrogen) atoms. The van der Waals surface area contributed by atoms with Crippen molar-refractivity contribution in [2.24, 2.45) is 0 Å². The molecule has 0 aliphatic rings. The average molecular weight is 396 g/mol. The van der Waals surface area contributed by atoms with Gasteiger partial charge in [-0.05, 0) is 23.9 Å². The zero-order valence-electron chi connectivity index (χ0n) is 10.3. The molecule has 132 valence electrons. The van der Waals surface area contributed by atoms with Gasteiger partial charge in [-0.25, -0.2) is 4.39 Å². The Kier molecular flexibility index (Phi) is 5.04. The highest BCUT2D eigenvalue weighted by atomic mass is 35.5. The van der Waals surface area contributed by atoms with Gasteiger partial charge in [0, 0.05) is 10.5 Å². The van der Waals surface area contributed by atoms with E-state index in [0.29, 0.717) is 0 Å². The molecular weight excluding hydrogens is 392 g/mol. The molecule has 13 heteroatoms. The lowest BCUT2D eigenvalue weighted by Gasteiger charge is -2.31. The van der Waals surface area contributed by atoms with Crippen LogP contribution in [0.3, 0.4) is 0 Å². The molecule has 0 saturated carbocycles. The van der Waals surface area contributed by atoms with Crippen molar-refractivity contribution in [3.8, 4) is 0 Å². The molecule has 0 aromatic heterocycles. The zero-order chi connectivity index (χ0) is 18.4. The molecule has 0 saturated heterocycles. The molecule has 0 atom stereocenters. The van der Waals surface area contributed by atoms with Crippen LogP contribution in [-0.2, 0) is 5.67 Å². The van der Waals surface area contributed by atoms with E-state index < -0.39 is 56.5 Å². The van der Waals surface area contributed by atoms with Crippen molar-refractivity contribution in [1.29, 1.82) is 0 Å². The van der Waals surface area contributed by atoms with Crippen molar-refractivity contribution < 1.29 is 43.9 Å². The van der Waals surface area contributed by atoms with E-state index in [1.807, 2.05) is 0 Å². The van der Waals surface area contributed by atoms with Crippen LogP contribution in [0.25, 0.3) is 0 Å². The SMILES string of the molecule is Nc1c(Cl)cc(C(F)(C(F)(F)F)C(F)(F)F)cc1SC(F)(F)F. The molecule has 0 aliphatic heterocycles. The summed E-state index contributed by atoms with van der Waals surface area (Å²) in [6.07, 6.45) is -13.0. The Morgan fingerprint density at radius 3 is 1.61 bits per heavy atom. The van der Waals surface area contributed by atoms with Gasteiger partial charge in [-0.1, -0.05) is 11.6 Å². The number of rotatable bonds is 2. The highest BCUT2D eigenvalue weighted by molar-refractivity contribution is 8.00. The van der Waals surface area contributed by atoms with Gasteiger partial charge in [-0.15, -0.1) is 0 Å². The van der Waals surface area contributed by atoms with Crippen molar-refractivity contribution in [2.45, 2.75) is 28.4 Å². The average Bonchev–Trinajstić information content (AvgIpc) is 2.29. The molecule has 0 spiro atoms. The lowest BCUT2D eigenvalue weighted by Crippen LogP contribution is -2.50. The molecule has 1 aromatic rings. The third-order valence-corrected chi connectivity index (χ3v) is 3.60. The fourth-order valence-electron chi connectivity index (χ4n) is 1.49. The van der Waals surface area contributed by atoms with Gasteiger partial charge in [0.15, 0.2) is 0 Å². The fourth-order valence-corrected chi connectivity index (χ4v) is 2.42. The second-order valence-corrected chi connectivity index (χ2v) is 5.59. The fraction of sp³-hybridized carbons (Fsp3) is 0.400. The second-order valence-electron chi connectivity index (χ2n) is 4.07. The first-order valence-electron chi connectivity index (χ1n) is 5.18. The number of halogens is 11. The van der Waals surface area contributed by atoms with E-state index >= 15 is 0 Å². The molecule has 0 radical (unpaired) electrons. The number of hydrogen-bond donors (Lipinski definition) is 1. The van der Waals surface area contributed by atoms with Gasteiger partial charge in [-0.3, -0.25) is 0 Å². The number of nitrogen functional groups attached to an aromatic ring is 1. The molecule has 0 unspecified atom stereocenters. The van der Waals surface area contributed by atoms with Gasteiger partial charge in [-0.2, -0.15) is 39.5 Å². The molecule has 2 N–H and O–H groups in total. The first-order valence-corrected chi connectivity index (χ1v) is 6.37. The monoisotopic (exact) mass is 395 g/mol. The maximum absolute atomic E-state index is 13.8. The highest BCUT2D eigenvalue weighted by Gasteiger charge is 2.73. The largest absolute Gasteiger partial charge is 0.446 e. The predicted molar refractivity (Wildman–Crippen MR) is 62.7 cm³/mol. The summed E-state index contributed by atoms with van der Waals surface area (Å²) in [7, 11) is 0. The van der Waals surface area contributed by atoms with E-state index in [1.165, 1.54) is 0 Å². The summed E-state index contributed by atoms with van der Waals surface area (Å²) < 4.78 is 126. The summed E-state index contributed by atoms with van der Waals surface area (Å²) in [5, 5.41) is -1.08. The molecule has 0 heterocycles. The minimum absolute atomic E-state index is 0.113. The maximum Gasteiger partial charge on any atom is 0.446 e. The van der Waals surface area contributed by atoms with Crippen molar-refractivity contribution >= 4 is 29.1 Å². The van der Waals surface area contributed by atoms with Crippen molar-refractivity contribution in [3.05, 3.63) is 22.7 Å². The number of alkyl halides is 10. The number of benzene rings is 1. The Hall–Kier alpha value is -1.04. The Balaban J connectivity index is 3.64. The van der Waals surface area contributed by atoms with Gasteiger partial charge in [0.25, 0.3) is 0 Å². The number of thioether (sulfide) groups is 1. The molecule has 0 amide bonds. The van der Waals surface area contributed by atoms with Crippen molar-refractivity contribution in [3.63, 3.8) is 0 Å². The number of hydrogen-bond acceptors (Lipinski definition) is 2. The molecule has 0 bridgehead atoms. The van der Waals surface area contributed by atoms with Crippen LogP contribution >= 0.6 is 23.4 Å². The van der Waals surface area contributed by atoms with Gasteiger partial charge in [0.1, 0.15) is 0 Å². The van der Waals surface area contributed by atoms with Crippen LogP contribution in [0.5, 0.6) is 0 Å². The van der Waals surface area contributed by atoms with Crippen LogP contribution in [0, 0.1) is 0 Å². The topological polar surface area (TPSA) is 26.0 Å². The van der Waals surface area contributed by atoms with Crippen LogP contribution in [0.1, 0.15) is 5.56 Å². The van der Waals surface area contributed by atoms with Crippen LogP contribution in [-0.4, -0.2) is 17.9 Å². The summed E-state index contributed by atoms with van der Waals surface area (Å²) in [4.78, 5) is -1.28. The summed E-state index contributed by atoms with van der Waals surface area (Å²) in [5.41, 5.74) is -8.99. The first-order chi connectivity index (χ1) is 10.0. The van der Waals surface area contributed by atoms with E-state index in [4.69, 9.17) is 17.3 Å². The smallest absolute Gasteiger partial charge is 0.397 e. The van der Waals surface area contributed by atoms with E-state index in [1.54, 1.807) is 0 Å². The van der Waals surface area contributed by atoms with Crippen LogP contribution in [0.15, 0.2) is 17.0 Å². The summed E-state index contributed by atoms with van der Waals surface area (Å²) >= 11 is 4.13. The lowest BCUT2D eigenvalue weighted by atomic mass is 9.94. The zero-order valence-corrected chi connectivity index (χ0v) is 11.9. The van der Waals surface area contributed by atoms with E-state index in [-0.39, 0.29) is 12.1 Å². The normalized spacial score (nSPS) is 14.2. The quantitative estimate of drug-likeness (QED) is 0.388. The van der Waals surface area contributed by atoms with Gasteiger partial charge < -0.3 is 5.73 Å². The maximum atomic E-state index is 13.8. The molecule has 0 aliphatic carbocycles. The predicted octanol–water partition coefficient (Wildman–Crippen LogP) is 5.82. The summed E-state index contributed by atoms with van der Waals surface area (Å²) in [6.45, 7) is 0. The Morgan fingerprint density at radius 1 is 0.826 bits per heavy atom. The minimum atomic E-state index is -6.48. The molecule has 1 rings (SSSR count). The third kappa shape index (κ3) is 3.90. The summed E-state index contributed by atoms with van der Waals surface area (Å²) in [5.74, 6) is 0. The van der Waals surface area contributed by atoms with Crippen molar-refractivity contribution in [1.82, 2.24) is 0 Å². The van der Waals surface area contributed by atoms with Gasteiger partial charge in [0.05, 0.1) is 10.7 Å². The lowest BCUT2D eigenvalue weighted by molar-refractivity contribution is -0.348. The Morgan fingerprint density at radius 2 is 1.26 bits per heavy atom. The van der Waals surface area contributed by atoms with E-state index in [2.05, 4.69) is 0 Å². The molecule has 1 aromatic carbocycles. The second kappa shape index (κ2) is 5.80. The third-order valence-electron chi connectivity index (χ3n) is 2.50. The Bertz CT molecular complexity index is 577. The first kappa shape index (κ1) is 20.0. The Labute approximate surface area is 130 Å². The molecular formula is C10H4ClF10NS. The van der Waals surface area contributed by atoms with Crippen LogP contribution in [0.4, 0.5) is 49.6 Å². The summed E-state index contributed by atoms with van der Waals surface area (Å²) in [6, 6.07) is -0.390. The molecule has 0 fully saturated rings. The van der Waals surface area contributed by atoms with Gasteiger partial charge >= 0.3 is 23.5 Å². The minimum Gasteiger partial charge on any atom is -0.397 e. The van der Waals surface area contributed by atoms with Crippen LogP contribution in [0.2, 0.25) is 5.02 Å².